The molecule has 9 heteroatoms. The van der Waals surface area contributed by atoms with Gasteiger partial charge in [0.2, 0.25) is 5.13 Å². The standard InChI is InChI=1S/C15H20N6O2S/c1-10-7-21(8-11(2)23-10)13-4-3-12(5-16-13)6-17-14(22)19-15-20-18-9-24-15/h3-5,9-11H,6-8H2,1-2H3,(H2,17,19,20,22)/t10-,11-/m0/s1. The third-order valence-corrected chi connectivity index (χ3v) is 4.19. The van der Waals surface area contributed by atoms with Crippen LogP contribution >= 0.6 is 11.3 Å². The van der Waals surface area contributed by atoms with Gasteiger partial charge in [-0.25, -0.2) is 9.78 Å². The van der Waals surface area contributed by atoms with Crippen molar-refractivity contribution in [2.75, 3.05) is 23.3 Å². The minimum absolute atomic E-state index is 0.195. The maximum absolute atomic E-state index is 11.7. The van der Waals surface area contributed by atoms with Gasteiger partial charge < -0.3 is 15.0 Å². The number of urea groups is 1. The van der Waals surface area contributed by atoms with E-state index in [0.717, 1.165) is 24.5 Å². The molecule has 8 nitrogen and oxygen atoms in total. The van der Waals surface area contributed by atoms with E-state index in [9.17, 15) is 4.79 Å². The lowest BCUT2D eigenvalue weighted by atomic mass is 10.2. The summed E-state index contributed by atoms with van der Waals surface area (Å²) in [7, 11) is 0. The number of aromatic nitrogens is 3. The zero-order valence-corrected chi connectivity index (χ0v) is 14.4. The Kier molecular flexibility index (Phi) is 5.21. The van der Waals surface area contributed by atoms with E-state index >= 15 is 0 Å². The molecule has 0 spiro atoms. The van der Waals surface area contributed by atoms with Crippen LogP contribution in [0.5, 0.6) is 0 Å². The van der Waals surface area contributed by atoms with Gasteiger partial charge >= 0.3 is 6.03 Å². The normalized spacial score (nSPS) is 20.7. The van der Waals surface area contributed by atoms with Crippen LogP contribution in [-0.4, -0.2) is 46.5 Å². The minimum atomic E-state index is -0.313. The highest BCUT2D eigenvalue weighted by atomic mass is 32.1. The number of hydrogen-bond donors (Lipinski definition) is 2. The molecule has 128 valence electrons. The Morgan fingerprint density at radius 1 is 1.38 bits per heavy atom. The third-order valence-electron chi connectivity index (χ3n) is 3.59. The monoisotopic (exact) mass is 348 g/mol. The smallest absolute Gasteiger partial charge is 0.321 e. The first-order valence-electron chi connectivity index (χ1n) is 7.76. The molecule has 0 unspecified atom stereocenters. The van der Waals surface area contributed by atoms with Gasteiger partial charge in [0, 0.05) is 25.8 Å². The second-order valence-electron chi connectivity index (χ2n) is 5.74. The van der Waals surface area contributed by atoms with Crippen molar-refractivity contribution in [1.29, 1.82) is 0 Å². The van der Waals surface area contributed by atoms with Gasteiger partial charge in [0.25, 0.3) is 0 Å². The summed E-state index contributed by atoms with van der Waals surface area (Å²) < 4.78 is 5.74. The summed E-state index contributed by atoms with van der Waals surface area (Å²) in [6, 6.07) is 3.63. The van der Waals surface area contributed by atoms with E-state index in [0.29, 0.717) is 11.7 Å². The second kappa shape index (κ2) is 7.54. The van der Waals surface area contributed by atoms with Crippen LogP contribution in [0.4, 0.5) is 15.7 Å². The van der Waals surface area contributed by atoms with Gasteiger partial charge in [0.1, 0.15) is 11.3 Å². The van der Waals surface area contributed by atoms with E-state index in [-0.39, 0.29) is 18.2 Å². The van der Waals surface area contributed by atoms with Crippen molar-refractivity contribution in [2.45, 2.75) is 32.6 Å². The number of amides is 2. The Bertz CT molecular complexity index is 653. The lowest BCUT2D eigenvalue weighted by molar-refractivity contribution is -0.00546. The number of morpholine rings is 1. The highest BCUT2D eigenvalue weighted by molar-refractivity contribution is 7.13. The van der Waals surface area contributed by atoms with Gasteiger partial charge in [-0.3, -0.25) is 5.32 Å². The molecule has 2 N–H and O–H groups in total. The van der Waals surface area contributed by atoms with E-state index in [4.69, 9.17) is 4.74 Å². The lowest BCUT2D eigenvalue weighted by Gasteiger charge is -2.36. The molecule has 2 amide bonds. The summed E-state index contributed by atoms with van der Waals surface area (Å²) in [6.45, 7) is 6.20. The van der Waals surface area contributed by atoms with Crippen molar-refractivity contribution >= 4 is 28.3 Å². The van der Waals surface area contributed by atoms with Crippen LogP contribution in [0.2, 0.25) is 0 Å². The van der Waals surface area contributed by atoms with Crippen LogP contribution in [0.3, 0.4) is 0 Å². The first kappa shape index (κ1) is 16.6. The fourth-order valence-electron chi connectivity index (χ4n) is 2.62. The molecule has 1 aliphatic rings. The molecule has 0 aromatic carbocycles. The summed E-state index contributed by atoms with van der Waals surface area (Å²) in [5.41, 5.74) is 2.49. The summed E-state index contributed by atoms with van der Waals surface area (Å²) in [4.78, 5) is 18.5. The minimum Gasteiger partial charge on any atom is -0.372 e. The van der Waals surface area contributed by atoms with Crippen molar-refractivity contribution in [3.63, 3.8) is 0 Å². The summed E-state index contributed by atoms with van der Waals surface area (Å²) in [5.74, 6) is 0.930. The van der Waals surface area contributed by atoms with Crippen LogP contribution in [0, 0.1) is 0 Å². The van der Waals surface area contributed by atoms with Crippen LogP contribution in [0.25, 0.3) is 0 Å². The number of nitrogens with one attached hydrogen (secondary N) is 2. The van der Waals surface area contributed by atoms with Crippen LogP contribution in [0.15, 0.2) is 23.8 Å². The fourth-order valence-corrected chi connectivity index (χ4v) is 3.06. The molecule has 1 aliphatic heterocycles. The van der Waals surface area contributed by atoms with E-state index in [1.54, 1.807) is 11.7 Å². The van der Waals surface area contributed by atoms with Gasteiger partial charge in [0.15, 0.2) is 0 Å². The summed E-state index contributed by atoms with van der Waals surface area (Å²) in [6.07, 6.45) is 2.17. The van der Waals surface area contributed by atoms with Gasteiger partial charge in [-0.1, -0.05) is 17.4 Å². The molecule has 1 saturated heterocycles. The molecule has 2 aromatic rings. The molecule has 2 atom stereocenters. The van der Waals surface area contributed by atoms with E-state index in [2.05, 4.69) is 44.6 Å². The number of rotatable bonds is 4. The van der Waals surface area contributed by atoms with Crippen molar-refractivity contribution in [1.82, 2.24) is 20.5 Å². The Hall–Kier alpha value is -2.26. The molecule has 3 rings (SSSR count). The van der Waals surface area contributed by atoms with Gasteiger partial charge in [-0.05, 0) is 25.5 Å². The molecule has 0 bridgehead atoms. The molecule has 24 heavy (non-hydrogen) atoms. The zero-order valence-electron chi connectivity index (χ0n) is 13.6. The fraction of sp³-hybridized carbons (Fsp3) is 0.467. The van der Waals surface area contributed by atoms with Gasteiger partial charge in [-0.2, -0.15) is 0 Å². The number of anilines is 2. The molecule has 0 saturated carbocycles. The lowest BCUT2D eigenvalue weighted by Crippen LogP contribution is -2.45. The molecule has 2 aromatic heterocycles. The number of carbonyl (C=O) groups is 1. The molecule has 0 aliphatic carbocycles. The average Bonchev–Trinajstić information content (AvgIpc) is 3.05. The number of nitrogens with zero attached hydrogens (tertiary/aromatic N) is 4. The van der Waals surface area contributed by atoms with Gasteiger partial charge in [-0.15, -0.1) is 10.2 Å². The number of hydrogen-bond acceptors (Lipinski definition) is 7. The van der Waals surface area contributed by atoms with E-state index in [1.807, 2.05) is 12.1 Å². The SMILES string of the molecule is C[C@H]1CN(c2ccc(CNC(=O)Nc3nncs3)cn2)C[C@H](C)O1. The zero-order chi connectivity index (χ0) is 16.9. The highest BCUT2D eigenvalue weighted by Gasteiger charge is 2.22. The predicted molar refractivity (Wildman–Crippen MR) is 92.2 cm³/mol. The first-order valence-corrected chi connectivity index (χ1v) is 8.64. The molecule has 1 fully saturated rings. The maximum atomic E-state index is 11.7. The first-order chi connectivity index (χ1) is 11.6. The number of carbonyl (C=O) groups excluding carboxylic acids is 1. The second-order valence-corrected chi connectivity index (χ2v) is 6.57. The maximum Gasteiger partial charge on any atom is 0.321 e. The number of pyridine rings is 1. The van der Waals surface area contributed by atoms with Gasteiger partial charge in [0.05, 0.1) is 12.2 Å². The topological polar surface area (TPSA) is 92.3 Å². The molecule has 3 heterocycles. The van der Waals surface area contributed by atoms with E-state index < -0.39 is 0 Å². The largest absolute Gasteiger partial charge is 0.372 e. The van der Waals surface area contributed by atoms with Crippen LogP contribution < -0.4 is 15.5 Å². The summed E-state index contributed by atoms with van der Waals surface area (Å²) in [5, 5.41) is 13.3. The van der Waals surface area contributed by atoms with Crippen molar-refractivity contribution < 1.29 is 9.53 Å². The predicted octanol–water partition coefficient (Wildman–Crippen LogP) is 1.87. The Morgan fingerprint density at radius 3 is 2.79 bits per heavy atom. The molecule has 0 radical (unpaired) electrons. The number of ether oxygens (including phenoxy) is 1. The highest BCUT2D eigenvalue weighted by Crippen LogP contribution is 2.18. The van der Waals surface area contributed by atoms with Crippen molar-refractivity contribution in [3.05, 3.63) is 29.4 Å². The van der Waals surface area contributed by atoms with Crippen LogP contribution in [0.1, 0.15) is 19.4 Å². The third kappa shape index (κ3) is 4.39. The Labute approximate surface area is 144 Å². The van der Waals surface area contributed by atoms with Crippen molar-refractivity contribution in [2.24, 2.45) is 0 Å². The summed E-state index contributed by atoms with van der Waals surface area (Å²) >= 11 is 1.27. The van der Waals surface area contributed by atoms with E-state index in [1.165, 1.54) is 11.3 Å². The van der Waals surface area contributed by atoms with Crippen molar-refractivity contribution in [3.8, 4) is 0 Å². The molecular weight excluding hydrogens is 328 g/mol. The molecular formula is C15H20N6O2S. The Balaban J connectivity index is 1.52. The average molecular weight is 348 g/mol. The van der Waals surface area contributed by atoms with Crippen LogP contribution in [-0.2, 0) is 11.3 Å². The quantitative estimate of drug-likeness (QED) is 0.876. The Morgan fingerprint density at radius 2 is 2.17 bits per heavy atom.